The molecule has 0 aliphatic heterocycles. The van der Waals surface area contributed by atoms with E-state index in [4.69, 9.17) is 9.47 Å². The zero-order valence-corrected chi connectivity index (χ0v) is 11.3. The molecule has 0 radical (unpaired) electrons. The minimum Gasteiger partial charge on any atom is -0.496 e. The van der Waals surface area contributed by atoms with Crippen LogP contribution in [0.1, 0.15) is 37.3 Å². The van der Waals surface area contributed by atoms with Gasteiger partial charge in [0.05, 0.1) is 7.11 Å². The van der Waals surface area contributed by atoms with E-state index in [2.05, 4.69) is 25.1 Å². The first-order chi connectivity index (χ1) is 8.27. The van der Waals surface area contributed by atoms with E-state index in [1.54, 1.807) is 7.11 Å². The highest BCUT2D eigenvalue weighted by molar-refractivity contribution is 5.36. The predicted octanol–water partition coefficient (Wildman–Crippen LogP) is 3.75. The Morgan fingerprint density at radius 2 is 1.94 bits per heavy atom. The summed E-state index contributed by atoms with van der Waals surface area (Å²) in [6.07, 6.45) is 4.67. The van der Waals surface area contributed by atoms with E-state index in [0.717, 1.165) is 31.8 Å². The molecule has 0 amide bonds. The van der Waals surface area contributed by atoms with Crippen molar-refractivity contribution in [3.63, 3.8) is 0 Å². The van der Waals surface area contributed by atoms with Crippen LogP contribution in [-0.2, 0) is 11.2 Å². The van der Waals surface area contributed by atoms with E-state index < -0.39 is 0 Å². The Kier molecular flexibility index (Phi) is 6.71. The number of benzene rings is 1. The number of ether oxygens (including phenoxy) is 2. The van der Waals surface area contributed by atoms with Gasteiger partial charge in [0.25, 0.3) is 0 Å². The molecule has 0 unspecified atom stereocenters. The zero-order valence-electron chi connectivity index (χ0n) is 11.3. The third-order valence-electron chi connectivity index (χ3n) is 2.87. The summed E-state index contributed by atoms with van der Waals surface area (Å²) in [7, 11) is 1.74. The normalized spacial score (nSPS) is 10.5. The van der Waals surface area contributed by atoms with Crippen LogP contribution < -0.4 is 4.74 Å². The highest BCUT2D eigenvalue weighted by atomic mass is 16.5. The van der Waals surface area contributed by atoms with Gasteiger partial charge >= 0.3 is 0 Å². The summed E-state index contributed by atoms with van der Waals surface area (Å²) < 4.78 is 10.7. The van der Waals surface area contributed by atoms with E-state index in [1.807, 2.05) is 6.92 Å². The van der Waals surface area contributed by atoms with Crippen LogP contribution >= 0.6 is 0 Å². The van der Waals surface area contributed by atoms with Crippen molar-refractivity contribution < 1.29 is 9.47 Å². The number of hydrogen-bond donors (Lipinski definition) is 0. The Balaban J connectivity index is 2.32. The molecule has 0 spiro atoms. The smallest absolute Gasteiger partial charge is 0.122 e. The van der Waals surface area contributed by atoms with Crippen molar-refractivity contribution in [1.82, 2.24) is 0 Å². The molecule has 2 heteroatoms. The molecule has 17 heavy (non-hydrogen) atoms. The van der Waals surface area contributed by atoms with Crippen molar-refractivity contribution >= 4 is 0 Å². The lowest BCUT2D eigenvalue weighted by atomic mass is 10.0. The third-order valence-corrected chi connectivity index (χ3v) is 2.87. The summed E-state index contributed by atoms with van der Waals surface area (Å²) in [4.78, 5) is 0. The molecule has 0 aromatic heterocycles. The van der Waals surface area contributed by atoms with Crippen molar-refractivity contribution in [2.45, 2.75) is 39.5 Å². The van der Waals surface area contributed by atoms with Gasteiger partial charge in [0, 0.05) is 13.2 Å². The second kappa shape index (κ2) is 8.13. The van der Waals surface area contributed by atoms with Crippen LogP contribution in [0, 0.1) is 6.92 Å². The molecule has 2 nitrogen and oxygen atoms in total. The molecule has 0 atom stereocenters. The third kappa shape index (κ3) is 5.22. The van der Waals surface area contributed by atoms with Crippen LogP contribution in [0.15, 0.2) is 18.2 Å². The lowest BCUT2D eigenvalue weighted by molar-refractivity contribution is 0.143. The fraction of sp³-hybridized carbons (Fsp3) is 0.600. The number of methoxy groups -OCH3 is 1. The van der Waals surface area contributed by atoms with E-state index in [0.29, 0.717) is 0 Å². The zero-order chi connectivity index (χ0) is 12.5. The lowest BCUT2D eigenvalue weighted by Gasteiger charge is -2.09. The van der Waals surface area contributed by atoms with Crippen LogP contribution in [0.4, 0.5) is 0 Å². The van der Waals surface area contributed by atoms with Crippen molar-refractivity contribution in [1.29, 1.82) is 0 Å². The van der Waals surface area contributed by atoms with Gasteiger partial charge in [-0.25, -0.2) is 0 Å². The van der Waals surface area contributed by atoms with Crippen LogP contribution in [0.2, 0.25) is 0 Å². The van der Waals surface area contributed by atoms with Gasteiger partial charge in [0.15, 0.2) is 0 Å². The first-order valence-electron chi connectivity index (χ1n) is 6.49. The fourth-order valence-electron chi connectivity index (χ4n) is 1.94. The number of hydrogen-bond acceptors (Lipinski definition) is 2. The number of aryl methyl sites for hydroxylation is 2. The fourth-order valence-corrected chi connectivity index (χ4v) is 1.94. The quantitative estimate of drug-likeness (QED) is 0.640. The lowest BCUT2D eigenvalue weighted by Crippen LogP contribution is -1.96. The largest absolute Gasteiger partial charge is 0.496 e. The van der Waals surface area contributed by atoms with E-state index in [1.165, 1.54) is 24.0 Å². The molecule has 0 saturated carbocycles. The van der Waals surface area contributed by atoms with Crippen molar-refractivity contribution in [3.8, 4) is 5.75 Å². The molecule has 0 saturated heterocycles. The average molecular weight is 236 g/mol. The Morgan fingerprint density at radius 3 is 2.65 bits per heavy atom. The molecular weight excluding hydrogens is 212 g/mol. The number of unbranched alkanes of at least 4 members (excludes halogenated alkanes) is 2. The second-order valence-corrected chi connectivity index (χ2v) is 4.32. The van der Waals surface area contributed by atoms with Crippen molar-refractivity contribution in [2.24, 2.45) is 0 Å². The van der Waals surface area contributed by atoms with Gasteiger partial charge in [-0.1, -0.05) is 24.1 Å². The Bertz CT molecular complexity index is 321. The molecule has 0 bridgehead atoms. The van der Waals surface area contributed by atoms with E-state index in [-0.39, 0.29) is 0 Å². The molecule has 0 N–H and O–H groups in total. The summed E-state index contributed by atoms with van der Waals surface area (Å²) in [5.41, 5.74) is 2.62. The first kappa shape index (κ1) is 14.0. The standard InChI is InChI=1S/C15H24O2/c1-4-17-11-7-5-6-8-14-12-13(2)9-10-15(14)16-3/h9-10,12H,4-8,11H2,1-3H3. The minimum absolute atomic E-state index is 0.825. The molecule has 1 aromatic carbocycles. The topological polar surface area (TPSA) is 18.5 Å². The molecule has 0 fully saturated rings. The maximum atomic E-state index is 5.37. The van der Waals surface area contributed by atoms with Gasteiger partial charge in [-0.05, 0) is 44.7 Å². The van der Waals surface area contributed by atoms with Gasteiger partial charge in [0.2, 0.25) is 0 Å². The summed E-state index contributed by atoms with van der Waals surface area (Å²) in [5.74, 6) is 1.01. The molecule has 0 aliphatic carbocycles. The Morgan fingerprint density at radius 1 is 1.12 bits per heavy atom. The molecular formula is C15H24O2. The second-order valence-electron chi connectivity index (χ2n) is 4.32. The monoisotopic (exact) mass is 236 g/mol. The Labute approximate surface area is 105 Å². The van der Waals surface area contributed by atoms with Crippen LogP contribution in [0.25, 0.3) is 0 Å². The molecule has 0 heterocycles. The summed E-state index contributed by atoms with van der Waals surface area (Å²) in [5, 5.41) is 0. The summed E-state index contributed by atoms with van der Waals surface area (Å²) >= 11 is 0. The van der Waals surface area contributed by atoms with E-state index >= 15 is 0 Å². The van der Waals surface area contributed by atoms with Crippen molar-refractivity contribution in [2.75, 3.05) is 20.3 Å². The molecule has 1 aromatic rings. The summed E-state index contributed by atoms with van der Waals surface area (Å²) in [6, 6.07) is 6.38. The Hall–Kier alpha value is -1.02. The van der Waals surface area contributed by atoms with Crippen molar-refractivity contribution in [3.05, 3.63) is 29.3 Å². The maximum absolute atomic E-state index is 5.37. The van der Waals surface area contributed by atoms with Gasteiger partial charge < -0.3 is 9.47 Å². The van der Waals surface area contributed by atoms with Gasteiger partial charge in [-0.3, -0.25) is 0 Å². The van der Waals surface area contributed by atoms with Gasteiger partial charge in [0.1, 0.15) is 5.75 Å². The highest BCUT2D eigenvalue weighted by Gasteiger charge is 2.02. The van der Waals surface area contributed by atoms with Crippen LogP contribution in [-0.4, -0.2) is 20.3 Å². The predicted molar refractivity (Wildman–Crippen MR) is 71.8 cm³/mol. The molecule has 1 rings (SSSR count). The SMILES string of the molecule is CCOCCCCCc1cc(C)ccc1OC. The summed E-state index contributed by atoms with van der Waals surface area (Å²) in [6.45, 7) is 5.88. The maximum Gasteiger partial charge on any atom is 0.122 e. The van der Waals surface area contributed by atoms with Gasteiger partial charge in [-0.2, -0.15) is 0 Å². The van der Waals surface area contributed by atoms with Crippen LogP contribution in [0.3, 0.4) is 0 Å². The van der Waals surface area contributed by atoms with Gasteiger partial charge in [-0.15, -0.1) is 0 Å². The molecule has 96 valence electrons. The average Bonchev–Trinajstić information content (AvgIpc) is 2.34. The first-order valence-corrected chi connectivity index (χ1v) is 6.49. The number of rotatable bonds is 8. The highest BCUT2D eigenvalue weighted by Crippen LogP contribution is 2.21. The molecule has 0 aliphatic rings. The van der Waals surface area contributed by atoms with Crippen LogP contribution in [0.5, 0.6) is 5.75 Å². The minimum atomic E-state index is 0.825. The van der Waals surface area contributed by atoms with E-state index in [9.17, 15) is 0 Å².